The van der Waals surface area contributed by atoms with E-state index in [2.05, 4.69) is 13.0 Å². The van der Waals surface area contributed by atoms with E-state index in [-0.39, 0.29) is 0 Å². The number of benzene rings is 1. The SMILES string of the molecule is CCCCCCCOc1[c]cccc1. The van der Waals surface area contributed by atoms with Gasteiger partial charge in [0.1, 0.15) is 5.75 Å². The van der Waals surface area contributed by atoms with Gasteiger partial charge in [-0.05, 0) is 12.5 Å². The van der Waals surface area contributed by atoms with Crippen LogP contribution in [0.4, 0.5) is 0 Å². The first-order valence-corrected chi connectivity index (χ1v) is 5.53. The molecule has 0 fully saturated rings. The Hall–Kier alpha value is -0.980. The van der Waals surface area contributed by atoms with E-state index in [1.807, 2.05) is 24.3 Å². The molecule has 0 bridgehead atoms. The molecule has 1 rings (SSSR count). The molecule has 1 nitrogen and oxygen atoms in total. The average Bonchev–Trinajstić information content (AvgIpc) is 2.25. The molecular weight excluding hydrogens is 172 g/mol. The molecule has 1 aromatic rings. The van der Waals surface area contributed by atoms with Crippen molar-refractivity contribution in [3.63, 3.8) is 0 Å². The number of hydrogen-bond acceptors (Lipinski definition) is 1. The topological polar surface area (TPSA) is 9.23 Å². The number of para-hydroxylation sites is 1. The molecule has 0 amide bonds. The molecule has 1 heteroatoms. The van der Waals surface area contributed by atoms with Crippen LogP contribution in [0.15, 0.2) is 24.3 Å². The first-order valence-electron chi connectivity index (χ1n) is 5.53. The van der Waals surface area contributed by atoms with Crippen LogP contribution in [0.25, 0.3) is 0 Å². The molecule has 0 aliphatic carbocycles. The van der Waals surface area contributed by atoms with Gasteiger partial charge in [0.2, 0.25) is 0 Å². The fourth-order valence-corrected chi connectivity index (χ4v) is 1.35. The Morgan fingerprint density at radius 1 is 1.14 bits per heavy atom. The maximum Gasteiger partial charge on any atom is 0.127 e. The van der Waals surface area contributed by atoms with Gasteiger partial charge in [-0.3, -0.25) is 0 Å². The highest BCUT2D eigenvalue weighted by Crippen LogP contribution is 2.09. The quantitative estimate of drug-likeness (QED) is 0.595. The van der Waals surface area contributed by atoms with Crippen molar-refractivity contribution < 1.29 is 4.74 Å². The van der Waals surface area contributed by atoms with Crippen molar-refractivity contribution in [3.8, 4) is 5.75 Å². The highest BCUT2D eigenvalue weighted by molar-refractivity contribution is 5.19. The maximum atomic E-state index is 5.53. The molecule has 0 aromatic heterocycles. The minimum Gasteiger partial charge on any atom is -0.493 e. The molecule has 0 saturated heterocycles. The number of unbranched alkanes of at least 4 members (excludes halogenated alkanes) is 4. The van der Waals surface area contributed by atoms with Gasteiger partial charge in [0, 0.05) is 6.07 Å². The summed E-state index contributed by atoms with van der Waals surface area (Å²) in [5.41, 5.74) is 0. The summed E-state index contributed by atoms with van der Waals surface area (Å²) in [7, 11) is 0. The molecule has 77 valence electrons. The molecule has 0 aliphatic heterocycles. The summed E-state index contributed by atoms with van der Waals surface area (Å²) in [6.07, 6.45) is 6.41. The number of hydrogen-bond donors (Lipinski definition) is 0. The van der Waals surface area contributed by atoms with Crippen LogP contribution in [0.5, 0.6) is 5.75 Å². The van der Waals surface area contributed by atoms with Gasteiger partial charge in [-0.15, -0.1) is 0 Å². The third kappa shape index (κ3) is 4.90. The number of rotatable bonds is 7. The minimum atomic E-state index is 0.824. The second-order valence-electron chi connectivity index (χ2n) is 3.49. The Morgan fingerprint density at radius 2 is 2.00 bits per heavy atom. The zero-order valence-corrected chi connectivity index (χ0v) is 8.96. The van der Waals surface area contributed by atoms with Gasteiger partial charge in [-0.2, -0.15) is 0 Å². The lowest BCUT2D eigenvalue weighted by Crippen LogP contribution is -1.96. The van der Waals surface area contributed by atoms with E-state index in [4.69, 9.17) is 4.74 Å². The zero-order valence-electron chi connectivity index (χ0n) is 8.96. The normalized spacial score (nSPS) is 10.1. The molecule has 1 aromatic carbocycles. The van der Waals surface area contributed by atoms with Gasteiger partial charge < -0.3 is 4.74 Å². The Balaban J connectivity index is 1.99. The molecule has 1 radical (unpaired) electrons. The van der Waals surface area contributed by atoms with E-state index in [0.717, 1.165) is 18.8 Å². The second kappa shape index (κ2) is 7.43. The first-order chi connectivity index (χ1) is 6.93. The van der Waals surface area contributed by atoms with Crippen molar-refractivity contribution in [2.45, 2.75) is 39.0 Å². The van der Waals surface area contributed by atoms with Crippen LogP contribution >= 0.6 is 0 Å². The van der Waals surface area contributed by atoms with Crippen LogP contribution < -0.4 is 4.74 Å². The zero-order chi connectivity index (χ0) is 10.1. The summed E-state index contributed by atoms with van der Waals surface area (Å²) in [6.45, 7) is 3.06. The molecule has 0 spiro atoms. The van der Waals surface area contributed by atoms with Gasteiger partial charge in [0.15, 0.2) is 0 Å². The Morgan fingerprint density at radius 3 is 2.71 bits per heavy atom. The summed E-state index contributed by atoms with van der Waals surface area (Å²) in [6, 6.07) is 10.8. The number of ether oxygens (including phenoxy) is 1. The molecule has 0 N–H and O–H groups in total. The summed E-state index contributed by atoms with van der Waals surface area (Å²) < 4.78 is 5.53. The molecule has 0 unspecified atom stereocenters. The van der Waals surface area contributed by atoms with E-state index in [1.54, 1.807) is 0 Å². The van der Waals surface area contributed by atoms with Gasteiger partial charge in [-0.25, -0.2) is 0 Å². The van der Waals surface area contributed by atoms with Crippen molar-refractivity contribution in [2.75, 3.05) is 6.61 Å². The van der Waals surface area contributed by atoms with Gasteiger partial charge in [0.05, 0.1) is 6.61 Å². The fourth-order valence-electron chi connectivity index (χ4n) is 1.35. The van der Waals surface area contributed by atoms with E-state index >= 15 is 0 Å². The standard InChI is InChI=1S/C13H19O/c1-2-3-4-5-9-12-14-13-10-7-6-8-11-13/h6-8,10H,2-5,9,12H2,1H3. The lowest BCUT2D eigenvalue weighted by molar-refractivity contribution is 0.304. The maximum absolute atomic E-state index is 5.53. The molecule has 14 heavy (non-hydrogen) atoms. The second-order valence-corrected chi connectivity index (χ2v) is 3.49. The summed E-state index contributed by atoms with van der Waals surface area (Å²) in [5, 5.41) is 0. The summed E-state index contributed by atoms with van der Waals surface area (Å²) in [5.74, 6) is 0.864. The highest BCUT2D eigenvalue weighted by atomic mass is 16.5. The van der Waals surface area contributed by atoms with Gasteiger partial charge in [0.25, 0.3) is 0 Å². The van der Waals surface area contributed by atoms with Gasteiger partial charge >= 0.3 is 0 Å². The third-order valence-electron chi connectivity index (χ3n) is 2.19. The van der Waals surface area contributed by atoms with E-state index in [0.29, 0.717) is 0 Å². The van der Waals surface area contributed by atoms with E-state index < -0.39 is 0 Å². The molecular formula is C13H19O. The predicted octanol–water partition coefficient (Wildman–Crippen LogP) is 3.84. The van der Waals surface area contributed by atoms with Crippen molar-refractivity contribution >= 4 is 0 Å². The lowest BCUT2D eigenvalue weighted by Gasteiger charge is -2.04. The average molecular weight is 191 g/mol. The van der Waals surface area contributed by atoms with E-state index in [1.165, 1.54) is 25.7 Å². The van der Waals surface area contributed by atoms with Crippen molar-refractivity contribution in [3.05, 3.63) is 30.3 Å². The third-order valence-corrected chi connectivity index (χ3v) is 2.19. The van der Waals surface area contributed by atoms with Crippen molar-refractivity contribution in [2.24, 2.45) is 0 Å². The Labute approximate surface area is 87.1 Å². The summed E-state index contributed by atoms with van der Waals surface area (Å²) in [4.78, 5) is 0. The van der Waals surface area contributed by atoms with Crippen molar-refractivity contribution in [1.29, 1.82) is 0 Å². The first kappa shape index (κ1) is 11.1. The van der Waals surface area contributed by atoms with Gasteiger partial charge in [-0.1, -0.05) is 50.8 Å². The van der Waals surface area contributed by atoms with Crippen LogP contribution in [0.3, 0.4) is 0 Å². The Kier molecular flexibility index (Phi) is 5.89. The van der Waals surface area contributed by atoms with Crippen LogP contribution in [-0.4, -0.2) is 6.61 Å². The Bertz CT molecular complexity index is 218. The molecule has 0 heterocycles. The molecule has 0 saturated carbocycles. The van der Waals surface area contributed by atoms with Crippen LogP contribution in [0.2, 0.25) is 0 Å². The van der Waals surface area contributed by atoms with E-state index in [9.17, 15) is 0 Å². The fraction of sp³-hybridized carbons (Fsp3) is 0.538. The monoisotopic (exact) mass is 191 g/mol. The van der Waals surface area contributed by atoms with Crippen LogP contribution in [0.1, 0.15) is 39.0 Å². The van der Waals surface area contributed by atoms with Crippen molar-refractivity contribution in [1.82, 2.24) is 0 Å². The highest BCUT2D eigenvalue weighted by Gasteiger charge is 1.92. The van der Waals surface area contributed by atoms with Crippen LogP contribution in [-0.2, 0) is 0 Å². The largest absolute Gasteiger partial charge is 0.493 e. The summed E-state index contributed by atoms with van der Waals surface area (Å²) >= 11 is 0. The smallest absolute Gasteiger partial charge is 0.127 e. The molecule has 0 atom stereocenters. The minimum absolute atomic E-state index is 0.824. The van der Waals surface area contributed by atoms with Crippen LogP contribution in [0, 0.1) is 6.07 Å². The lowest BCUT2D eigenvalue weighted by atomic mass is 10.2. The predicted molar refractivity (Wildman–Crippen MR) is 59.5 cm³/mol. The molecule has 0 aliphatic rings.